The van der Waals surface area contributed by atoms with Crippen LogP contribution in [-0.4, -0.2) is 31.3 Å². The first-order valence-electron chi connectivity index (χ1n) is 11.4. The number of carboxylic acids is 2. The van der Waals surface area contributed by atoms with Gasteiger partial charge >= 0.3 is 17.6 Å². The third-order valence-electron chi connectivity index (χ3n) is 5.77. The quantitative estimate of drug-likeness (QED) is 0.405. The lowest BCUT2D eigenvalue weighted by Crippen LogP contribution is -2.26. The predicted octanol–water partition coefficient (Wildman–Crippen LogP) is 4.90. The van der Waals surface area contributed by atoms with Gasteiger partial charge in [0, 0.05) is 6.54 Å². The standard InChI is InChI=1S/C26H30N2O5/c1-3-5-8-16-27-23(25(31)32)22(9-4-2)28(26(27)33)17-18-12-14-19(15-13-18)20-10-6-7-11-21(20)24(29)30/h6-7,10-15H,3-5,8-9,16-17H2,1-2H3,(H,29,30)(H,31,32). The van der Waals surface area contributed by atoms with Crippen LogP contribution in [0.1, 0.15) is 71.6 Å². The molecule has 1 heterocycles. The molecule has 0 amide bonds. The SMILES string of the molecule is CCCCCn1c(C(=O)O)c(CCC)n(Cc2ccc(-c3ccccc3C(=O)O)cc2)c1=O. The van der Waals surface area contributed by atoms with Gasteiger partial charge in [-0.15, -0.1) is 0 Å². The van der Waals surface area contributed by atoms with Crippen LogP contribution in [0.2, 0.25) is 0 Å². The first-order chi connectivity index (χ1) is 15.9. The minimum atomic E-state index is -1.08. The minimum absolute atomic E-state index is 0.0879. The molecule has 2 N–H and O–H groups in total. The summed E-state index contributed by atoms with van der Waals surface area (Å²) in [5.41, 5.74) is 2.79. The first kappa shape index (κ1) is 24.0. The number of nitrogens with zero attached hydrogens (tertiary/aromatic N) is 2. The molecule has 33 heavy (non-hydrogen) atoms. The monoisotopic (exact) mass is 450 g/mol. The van der Waals surface area contributed by atoms with E-state index in [2.05, 4.69) is 6.92 Å². The average molecular weight is 451 g/mol. The van der Waals surface area contributed by atoms with Gasteiger partial charge in [0.25, 0.3) is 0 Å². The van der Waals surface area contributed by atoms with Crippen molar-refractivity contribution in [1.29, 1.82) is 0 Å². The van der Waals surface area contributed by atoms with Gasteiger partial charge < -0.3 is 10.2 Å². The van der Waals surface area contributed by atoms with Crippen molar-refractivity contribution < 1.29 is 19.8 Å². The van der Waals surface area contributed by atoms with E-state index in [0.29, 0.717) is 24.2 Å². The Labute approximate surface area is 192 Å². The molecule has 0 saturated carbocycles. The van der Waals surface area contributed by atoms with Crippen molar-refractivity contribution in [3.05, 3.63) is 81.5 Å². The summed E-state index contributed by atoms with van der Waals surface area (Å²) >= 11 is 0. The van der Waals surface area contributed by atoms with Gasteiger partial charge in [0.05, 0.1) is 17.8 Å². The molecule has 7 heteroatoms. The van der Waals surface area contributed by atoms with Crippen molar-refractivity contribution in [2.24, 2.45) is 0 Å². The summed E-state index contributed by atoms with van der Waals surface area (Å²) in [4.78, 5) is 36.8. The maximum Gasteiger partial charge on any atom is 0.354 e. The molecule has 1 aromatic heterocycles. The first-order valence-corrected chi connectivity index (χ1v) is 11.4. The van der Waals surface area contributed by atoms with E-state index in [4.69, 9.17) is 0 Å². The molecule has 174 valence electrons. The van der Waals surface area contributed by atoms with Crippen molar-refractivity contribution in [1.82, 2.24) is 9.13 Å². The lowest BCUT2D eigenvalue weighted by molar-refractivity contribution is 0.0677. The number of rotatable bonds is 11. The van der Waals surface area contributed by atoms with Crippen molar-refractivity contribution in [2.45, 2.75) is 59.0 Å². The van der Waals surface area contributed by atoms with Crippen molar-refractivity contribution >= 4 is 11.9 Å². The minimum Gasteiger partial charge on any atom is -0.478 e. The maximum atomic E-state index is 13.2. The second-order valence-corrected chi connectivity index (χ2v) is 8.13. The molecule has 0 aliphatic heterocycles. The topological polar surface area (TPSA) is 102 Å². The fourth-order valence-corrected chi connectivity index (χ4v) is 4.15. The number of hydrogen-bond acceptors (Lipinski definition) is 3. The molecule has 3 rings (SSSR count). The van der Waals surface area contributed by atoms with Crippen LogP contribution in [-0.2, 0) is 19.5 Å². The second-order valence-electron chi connectivity index (χ2n) is 8.13. The lowest BCUT2D eigenvalue weighted by atomic mass is 9.99. The van der Waals surface area contributed by atoms with Gasteiger partial charge in [-0.05, 0) is 35.6 Å². The van der Waals surface area contributed by atoms with Crippen molar-refractivity contribution in [3.63, 3.8) is 0 Å². The summed E-state index contributed by atoms with van der Waals surface area (Å²) in [6.45, 7) is 4.68. The van der Waals surface area contributed by atoms with E-state index in [1.165, 1.54) is 4.57 Å². The zero-order valence-corrected chi connectivity index (χ0v) is 19.1. The molecule has 0 unspecified atom stereocenters. The molecule has 3 aromatic rings. The Morgan fingerprint density at radius 2 is 1.55 bits per heavy atom. The van der Waals surface area contributed by atoms with Crippen molar-refractivity contribution in [2.75, 3.05) is 0 Å². The maximum absolute atomic E-state index is 13.2. The molecule has 0 aliphatic carbocycles. The molecule has 0 spiro atoms. The Kier molecular flexibility index (Phi) is 7.87. The van der Waals surface area contributed by atoms with Crippen LogP contribution in [0.4, 0.5) is 0 Å². The number of benzene rings is 2. The molecule has 0 fully saturated rings. The molecular weight excluding hydrogens is 420 g/mol. The normalized spacial score (nSPS) is 11.0. The van der Waals surface area contributed by atoms with Crippen molar-refractivity contribution in [3.8, 4) is 11.1 Å². The highest BCUT2D eigenvalue weighted by Crippen LogP contribution is 2.24. The van der Waals surface area contributed by atoms with E-state index in [-0.39, 0.29) is 23.5 Å². The van der Waals surface area contributed by atoms with Gasteiger partial charge in [0.1, 0.15) is 0 Å². The summed E-state index contributed by atoms with van der Waals surface area (Å²) in [5.74, 6) is -2.07. The van der Waals surface area contributed by atoms with Gasteiger partial charge in [-0.25, -0.2) is 14.4 Å². The van der Waals surface area contributed by atoms with E-state index in [0.717, 1.165) is 36.8 Å². The van der Waals surface area contributed by atoms with Crippen LogP contribution >= 0.6 is 0 Å². The van der Waals surface area contributed by atoms with E-state index < -0.39 is 11.9 Å². The van der Waals surface area contributed by atoms with Crippen LogP contribution in [0.15, 0.2) is 53.3 Å². The van der Waals surface area contributed by atoms with Gasteiger partial charge in [0.15, 0.2) is 5.69 Å². The Morgan fingerprint density at radius 1 is 0.848 bits per heavy atom. The Bertz CT molecular complexity index is 1190. The Hall–Kier alpha value is -3.61. The van der Waals surface area contributed by atoms with Gasteiger partial charge in [-0.2, -0.15) is 0 Å². The number of aromatic carboxylic acids is 2. The predicted molar refractivity (Wildman–Crippen MR) is 127 cm³/mol. The number of carbonyl (C=O) groups is 2. The Balaban J connectivity index is 1.97. The van der Waals surface area contributed by atoms with Crippen LogP contribution in [0.3, 0.4) is 0 Å². The number of carboxylic acid groups (broad SMARTS) is 2. The van der Waals surface area contributed by atoms with E-state index in [1.54, 1.807) is 28.8 Å². The fourth-order valence-electron chi connectivity index (χ4n) is 4.15. The average Bonchev–Trinajstić information content (AvgIpc) is 3.06. The molecule has 0 radical (unpaired) electrons. The molecule has 0 atom stereocenters. The number of aromatic nitrogens is 2. The van der Waals surface area contributed by atoms with Gasteiger partial charge in [-0.3, -0.25) is 9.13 Å². The van der Waals surface area contributed by atoms with Crippen LogP contribution in [0.25, 0.3) is 11.1 Å². The van der Waals surface area contributed by atoms with E-state index in [1.807, 2.05) is 31.2 Å². The summed E-state index contributed by atoms with van der Waals surface area (Å²) < 4.78 is 2.97. The highest BCUT2D eigenvalue weighted by atomic mass is 16.4. The van der Waals surface area contributed by atoms with E-state index in [9.17, 15) is 24.6 Å². The summed E-state index contributed by atoms with van der Waals surface area (Å²) in [6, 6.07) is 14.2. The number of imidazole rings is 1. The smallest absolute Gasteiger partial charge is 0.354 e. The van der Waals surface area contributed by atoms with Gasteiger partial charge in [0.2, 0.25) is 0 Å². The molecular formula is C26H30N2O5. The van der Waals surface area contributed by atoms with E-state index >= 15 is 0 Å². The van der Waals surface area contributed by atoms with Crippen LogP contribution < -0.4 is 5.69 Å². The second kappa shape index (κ2) is 10.8. The zero-order valence-electron chi connectivity index (χ0n) is 19.1. The third-order valence-corrected chi connectivity index (χ3v) is 5.77. The number of unbranched alkanes of at least 4 members (excludes halogenated alkanes) is 2. The number of hydrogen-bond donors (Lipinski definition) is 2. The highest BCUT2D eigenvalue weighted by molar-refractivity contribution is 5.96. The molecule has 0 saturated heterocycles. The summed E-state index contributed by atoms with van der Waals surface area (Å²) in [6.07, 6.45) is 3.89. The van der Waals surface area contributed by atoms with Crippen LogP contribution in [0, 0.1) is 0 Å². The molecule has 0 bridgehead atoms. The molecule has 7 nitrogen and oxygen atoms in total. The van der Waals surface area contributed by atoms with Gasteiger partial charge in [-0.1, -0.05) is 75.6 Å². The highest BCUT2D eigenvalue weighted by Gasteiger charge is 2.24. The fraction of sp³-hybridized carbons (Fsp3) is 0.346. The van der Waals surface area contributed by atoms with Crippen LogP contribution in [0.5, 0.6) is 0 Å². The Morgan fingerprint density at radius 3 is 2.15 bits per heavy atom. The lowest BCUT2D eigenvalue weighted by Gasteiger charge is -2.10. The summed E-state index contributed by atoms with van der Waals surface area (Å²) in [7, 11) is 0. The zero-order chi connectivity index (χ0) is 24.0. The third kappa shape index (κ3) is 5.25. The molecule has 2 aromatic carbocycles. The largest absolute Gasteiger partial charge is 0.478 e. The molecule has 0 aliphatic rings. The summed E-state index contributed by atoms with van der Waals surface area (Å²) in [5, 5.41) is 19.3.